The Labute approximate surface area is 170 Å². The highest BCUT2D eigenvalue weighted by molar-refractivity contribution is 7.91. The van der Waals surface area contributed by atoms with Gasteiger partial charge in [0, 0.05) is 31.6 Å². The highest BCUT2D eigenvalue weighted by atomic mass is 32.2. The van der Waals surface area contributed by atoms with E-state index < -0.39 is 21.5 Å². The standard InChI is InChI=1S/C22H25F2NO3S/c1-25(2)22(26)17-5-3-15(4-6-17)14-29(27,28)19-10-7-16(8-11-19)20-12-9-18(23)13-21(20)24/h7-13,15,17H,3-6,14H2,1-2H3. The molecule has 156 valence electrons. The van der Waals surface area contributed by atoms with E-state index in [9.17, 15) is 22.0 Å². The first kappa shape index (κ1) is 21.4. The molecule has 7 heteroatoms. The summed E-state index contributed by atoms with van der Waals surface area (Å²) in [5, 5.41) is 0. The van der Waals surface area contributed by atoms with Gasteiger partial charge in [-0.25, -0.2) is 17.2 Å². The number of carbonyl (C=O) groups is 1. The lowest BCUT2D eigenvalue weighted by Crippen LogP contribution is -2.33. The van der Waals surface area contributed by atoms with E-state index in [2.05, 4.69) is 0 Å². The van der Waals surface area contributed by atoms with Crippen LogP contribution < -0.4 is 0 Å². The van der Waals surface area contributed by atoms with Gasteiger partial charge in [0.25, 0.3) is 0 Å². The maximum absolute atomic E-state index is 13.9. The van der Waals surface area contributed by atoms with E-state index in [4.69, 9.17) is 0 Å². The minimum absolute atomic E-state index is 0.0196. The molecule has 3 rings (SSSR count). The molecule has 1 aliphatic carbocycles. The highest BCUT2D eigenvalue weighted by Gasteiger charge is 2.30. The molecule has 0 bridgehead atoms. The van der Waals surface area contributed by atoms with Gasteiger partial charge in [-0.1, -0.05) is 12.1 Å². The van der Waals surface area contributed by atoms with E-state index in [1.54, 1.807) is 19.0 Å². The van der Waals surface area contributed by atoms with Crippen molar-refractivity contribution in [1.29, 1.82) is 0 Å². The summed E-state index contributed by atoms with van der Waals surface area (Å²) in [4.78, 5) is 13.8. The molecule has 2 aromatic carbocycles. The third-order valence-corrected chi connectivity index (χ3v) is 7.45. The van der Waals surface area contributed by atoms with E-state index >= 15 is 0 Å². The minimum atomic E-state index is -3.48. The van der Waals surface area contributed by atoms with Crippen LogP contribution in [0.25, 0.3) is 11.1 Å². The van der Waals surface area contributed by atoms with Crippen molar-refractivity contribution in [1.82, 2.24) is 4.90 Å². The van der Waals surface area contributed by atoms with Crippen molar-refractivity contribution in [3.8, 4) is 11.1 Å². The van der Waals surface area contributed by atoms with Gasteiger partial charge in [-0.3, -0.25) is 4.79 Å². The molecule has 0 aliphatic heterocycles. The van der Waals surface area contributed by atoms with Crippen LogP contribution in [0.3, 0.4) is 0 Å². The van der Waals surface area contributed by atoms with Crippen LogP contribution in [-0.2, 0) is 14.6 Å². The van der Waals surface area contributed by atoms with E-state index in [1.165, 1.54) is 36.4 Å². The van der Waals surface area contributed by atoms with Crippen molar-refractivity contribution in [2.75, 3.05) is 19.8 Å². The Morgan fingerprint density at radius 2 is 1.62 bits per heavy atom. The fraction of sp³-hybridized carbons (Fsp3) is 0.409. The molecule has 0 unspecified atom stereocenters. The van der Waals surface area contributed by atoms with Crippen LogP contribution in [0, 0.1) is 23.5 Å². The molecule has 0 saturated heterocycles. The number of benzene rings is 2. The quantitative estimate of drug-likeness (QED) is 0.723. The van der Waals surface area contributed by atoms with Gasteiger partial charge >= 0.3 is 0 Å². The summed E-state index contributed by atoms with van der Waals surface area (Å²) in [7, 11) is -0.00593. The zero-order valence-electron chi connectivity index (χ0n) is 16.6. The summed E-state index contributed by atoms with van der Waals surface area (Å²) in [6.07, 6.45) is 2.84. The zero-order valence-corrected chi connectivity index (χ0v) is 17.4. The van der Waals surface area contributed by atoms with Gasteiger partial charge in [-0.15, -0.1) is 0 Å². The number of sulfone groups is 1. The molecule has 0 N–H and O–H groups in total. The van der Waals surface area contributed by atoms with Crippen LogP contribution in [0.15, 0.2) is 47.4 Å². The van der Waals surface area contributed by atoms with Crippen molar-refractivity contribution in [2.24, 2.45) is 11.8 Å². The monoisotopic (exact) mass is 421 g/mol. The van der Waals surface area contributed by atoms with Crippen LogP contribution in [0.5, 0.6) is 0 Å². The Kier molecular flexibility index (Phi) is 6.36. The lowest BCUT2D eigenvalue weighted by atomic mass is 9.82. The topological polar surface area (TPSA) is 54.5 Å². The van der Waals surface area contributed by atoms with Crippen molar-refractivity contribution in [3.05, 3.63) is 54.1 Å². The molecule has 4 nitrogen and oxygen atoms in total. The average Bonchev–Trinajstić information content (AvgIpc) is 2.68. The molecule has 0 spiro atoms. The molecule has 0 atom stereocenters. The van der Waals surface area contributed by atoms with E-state index in [0.717, 1.165) is 6.07 Å². The fourth-order valence-corrected chi connectivity index (χ4v) is 5.61. The first-order chi connectivity index (χ1) is 13.7. The molecule has 2 aromatic rings. The molecule has 1 amide bonds. The largest absolute Gasteiger partial charge is 0.349 e. The van der Waals surface area contributed by atoms with E-state index in [0.29, 0.717) is 31.2 Å². The molecule has 1 fully saturated rings. The summed E-state index contributed by atoms with van der Waals surface area (Å²) in [6, 6.07) is 9.31. The third-order valence-electron chi connectivity index (χ3n) is 5.55. The predicted octanol–water partition coefficient (Wildman–Crippen LogP) is 4.30. The first-order valence-corrected chi connectivity index (χ1v) is 11.3. The van der Waals surface area contributed by atoms with Crippen LogP contribution in [0.2, 0.25) is 0 Å². The lowest BCUT2D eigenvalue weighted by molar-refractivity contribution is -0.134. The van der Waals surface area contributed by atoms with Gasteiger partial charge in [-0.2, -0.15) is 0 Å². The van der Waals surface area contributed by atoms with Gasteiger partial charge in [-0.05, 0) is 61.4 Å². The minimum Gasteiger partial charge on any atom is -0.349 e. The third kappa shape index (κ3) is 5.01. The van der Waals surface area contributed by atoms with Gasteiger partial charge in [0.05, 0.1) is 10.6 Å². The summed E-state index contributed by atoms with van der Waals surface area (Å²) in [5.41, 5.74) is 0.711. The Morgan fingerprint density at radius 3 is 2.17 bits per heavy atom. The summed E-state index contributed by atoms with van der Waals surface area (Å²) in [6.45, 7) is 0. The fourth-order valence-electron chi connectivity index (χ4n) is 3.91. The number of amides is 1. The Hall–Kier alpha value is -2.28. The Bertz CT molecular complexity index is 980. The van der Waals surface area contributed by atoms with E-state index in [1.807, 2.05) is 0 Å². The van der Waals surface area contributed by atoms with Crippen LogP contribution >= 0.6 is 0 Å². The summed E-state index contributed by atoms with van der Waals surface area (Å²) < 4.78 is 52.6. The lowest BCUT2D eigenvalue weighted by Gasteiger charge is -2.29. The molecular weight excluding hydrogens is 396 g/mol. The summed E-state index contributed by atoms with van der Waals surface area (Å²) >= 11 is 0. The second-order valence-electron chi connectivity index (χ2n) is 7.88. The van der Waals surface area contributed by atoms with E-state index in [-0.39, 0.29) is 34.0 Å². The number of rotatable bonds is 5. The molecule has 0 heterocycles. The number of hydrogen-bond acceptors (Lipinski definition) is 3. The maximum Gasteiger partial charge on any atom is 0.225 e. The van der Waals surface area contributed by atoms with Gasteiger partial charge < -0.3 is 4.90 Å². The number of nitrogens with zero attached hydrogens (tertiary/aromatic N) is 1. The number of carbonyl (C=O) groups excluding carboxylic acids is 1. The van der Waals surface area contributed by atoms with Crippen LogP contribution in [0.1, 0.15) is 25.7 Å². The summed E-state index contributed by atoms with van der Waals surface area (Å²) in [5.74, 6) is -1.19. The van der Waals surface area contributed by atoms with Crippen molar-refractivity contribution in [3.63, 3.8) is 0 Å². The van der Waals surface area contributed by atoms with Gasteiger partial charge in [0.1, 0.15) is 11.6 Å². The van der Waals surface area contributed by atoms with Crippen molar-refractivity contribution >= 4 is 15.7 Å². The van der Waals surface area contributed by atoms with Gasteiger partial charge in [0.15, 0.2) is 9.84 Å². The zero-order chi connectivity index (χ0) is 21.2. The van der Waals surface area contributed by atoms with Crippen LogP contribution in [-0.4, -0.2) is 39.1 Å². The van der Waals surface area contributed by atoms with Crippen molar-refractivity contribution < 1.29 is 22.0 Å². The average molecular weight is 422 g/mol. The van der Waals surface area contributed by atoms with Crippen molar-refractivity contribution in [2.45, 2.75) is 30.6 Å². The molecule has 0 aromatic heterocycles. The molecule has 1 saturated carbocycles. The molecule has 0 radical (unpaired) electrons. The number of halogens is 2. The SMILES string of the molecule is CN(C)C(=O)C1CCC(CS(=O)(=O)c2ccc(-c3ccc(F)cc3F)cc2)CC1. The maximum atomic E-state index is 13.9. The van der Waals surface area contributed by atoms with Crippen LogP contribution in [0.4, 0.5) is 8.78 Å². The predicted molar refractivity (Wildman–Crippen MR) is 108 cm³/mol. The smallest absolute Gasteiger partial charge is 0.225 e. The number of hydrogen-bond donors (Lipinski definition) is 0. The molecule has 1 aliphatic rings. The normalized spacial score (nSPS) is 19.7. The highest BCUT2D eigenvalue weighted by Crippen LogP contribution is 2.32. The molecule has 29 heavy (non-hydrogen) atoms. The van der Waals surface area contributed by atoms with Gasteiger partial charge in [0.2, 0.25) is 5.91 Å². The second kappa shape index (κ2) is 8.61. The Balaban J connectivity index is 1.67. The molecular formula is C22H25F2NO3S. The second-order valence-corrected chi connectivity index (χ2v) is 9.91. The first-order valence-electron chi connectivity index (χ1n) is 9.67. The Morgan fingerprint density at radius 1 is 1.00 bits per heavy atom.